The fraction of sp³-hybridized carbons (Fsp3) is 0.500. The molecule has 0 aliphatic carbocycles. The van der Waals surface area contributed by atoms with Gasteiger partial charge in [-0.1, -0.05) is 25.4 Å². The first kappa shape index (κ1) is 17.8. The summed E-state index contributed by atoms with van der Waals surface area (Å²) in [6, 6.07) is 6.00. The summed E-state index contributed by atoms with van der Waals surface area (Å²) in [7, 11) is 0. The highest BCUT2D eigenvalue weighted by molar-refractivity contribution is 6.32. The van der Waals surface area contributed by atoms with Crippen LogP contribution in [0, 0.1) is 12.8 Å². The van der Waals surface area contributed by atoms with Crippen LogP contribution in [0.3, 0.4) is 0 Å². The van der Waals surface area contributed by atoms with Gasteiger partial charge in [0.25, 0.3) is 0 Å². The molecule has 5 heteroatoms. The molecule has 1 saturated heterocycles. The number of benzene rings is 1. The lowest BCUT2D eigenvalue weighted by atomic mass is 10.1. The standard InChI is InChI=1S/C16H19ClN2O2.C2H6/c1-10-4-15-12(7-14(10)17)6-13(19-15)8-18-16(20)5-11-2-3-21-9-11;1-2/h4,6-7,11,19H,2-3,5,8-9H2,1H3,(H,18,20);1-2H3. The zero-order valence-electron chi connectivity index (χ0n) is 14.0. The number of carbonyl (C=O) groups is 1. The SMILES string of the molecule is CC.Cc1cc2[nH]c(CNC(=O)CC3CCOC3)cc2cc1Cl. The van der Waals surface area contributed by atoms with Crippen LogP contribution in [0.4, 0.5) is 0 Å². The lowest BCUT2D eigenvalue weighted by molar-refractivity contribution is -0.122. The molecule has 0 radical (unpaired) electrons. The third kappa shape index (κ3) is 4.72. The van der Waals surface area contributed by atoms with Gasteiger partial charge in [-0.2, -0.15) is 0 Å². The Bertz CT molecular complexity index is 621. The van der Waals surface area contributed by atoms with Crippen LogP contribution in [-0.2, 0) is 16.1 Å². The molecule has 126 valence electrons. The molecule has 1 amide bonds. The minimum Gasteiger partial charge on any atom is -0.381 e. The Balaban J connectivity index is 0.000000924. The Hall–Kier alpha value is -1.52. The van der Waals surface area contributed by atoms with Crippen LogP contribution in [0.2, 0.25) is 5.02 Å². The van der Waals surface area contributed by atoms with Crippen LogP contribution in [0.25, 0.3) is 10.9 Å². The fourth-order valence-electron chi connectivity index (χ4n) is 2.69. The number of rotatable bonds is 4. The average molecular weight is 337 g/mol. The van der Waals surface area contributed by atoms with E-state index >= 15 is 0 Å². The second kappa shape index (κ2) is 8.37. The average Bonchev–Trinajstić information content (AvgIpc) is 3.17. The molecule has 1 aliphatic rings. The maximum Gasteiger partial charge on any atom is 0.220 e. The Morgan fingerprint density at radius 2 is 2.17 bits per heavy atom. The van der Waals surface area contributed by atoms with Crippen LogP contribution in [0.1, 0.15) is 37.9 Å². The van der Waals surface area contributed by atoms with Gasteiger partial charge in [0.05, 0.1) is 6.54 Å². The van der Waals surface area contributed by atoms with Crippen molar-refractivity contribution in [1.82, 2.24) is 10.3 Å². The van der Waals surface area contributed by atoms with Crippen LogP contribution >= 0.6 is 11.6 Å². The highest BCUT2D eigenvalue weighted by Gasteiger charge is 2.18. The Labute approximate surface area is 142 Å². The number of aromatic amines is 1. The van der Waals surface area contributed by atoms with E-state index in [0.717, 1.165) is 40.2 Å². The predicted molar refractivity (Wildman–Crippen MR) is 94.8 cm³/mol. The Morgan fingerprint density at radius 1 is 1.39 bits per heavy atom. The second-order valence-electron chi connectivity index (χ2n) is 5.69. The summed E-state index contributed by atoms with van der Waals surface area (Å²) in [5, 5.41) is 4.79. The molecule has 2 aromatic rings. The van der Waals surface area contributed by atoms with Gasteiger partial charge in [-0.15, -0.1) is 0 Å². The van der Waals surface area contributed by atoms with E-state index in [9.17, 15) is 4.79 Å². The van der Waals surface area contributed by atoms with Crippen LogP contribution in [0.15, 0.2) is 18.2 Å². The van der Waals surface area contributed by atoms with Crippen molar-refractivity contribution in [3.05, 3.63) is 34.5 Å². The van der Waals surface area contributed by atoms with E-state index < -0.39 is 0 Å². The van der Waals surface area contributed by atoms with E-state index in [1.165, 1.54) is 0 Å². The Morgan fingerprint density at radius 3 is 2.87 bits per heavy atom. The van der Waals surface area contributed by atoms with Crippen molar-refractivity contribution in [2.75, 3.05) is 13.2 Å². The molecule has 1 atom stereocenters. The summed E-state index contributed by atoms with van der Waals surface area (Å²) >= 11 is 6.12. The highest BCUT2D eigenvalue weighted by atomic mass is 35.5. The zero-order valence-corrected chi connectivity index (χ0v) is 14.8. The van der Waals surface area contributed by atoms with Crippen molar-refractivity contribution >= 4 is 28.4 Å². The lowest BCUT2D eigenvalue weighted by Crippen LogP contribution is -2.25. The molecule has 1 aliphatic heterocycles. The third-order valence-electron chi connectivity index (χ3n) is 3.93. The number of hydrogen-bond donors (Lipinski definition) is 2. The van der Waals surface area contributed by atoms with Crippen molar-refractivity contribution in [3.8, 4) is 0 Å². The van der Waals surface area contributed by atoms with E-state index in [-0.39, 0.29) is 5.91 Å². The van der Waals surface area contributed by atoms with Crippen molar-refractivity contribution in [2.45, 2.75) is 40.2 Å². The highest BCUT2D eigenvalue weighted by Crippen LogP contribution is 2.24. The maximum absolute atomic E-state index is 11.9. The number of hydrogen-bond acceptors (Lipinski definition) is 2. The molecule has 2 N–H and O–H groups in total. The van der Waals surface area contributed by atoms with Crippen molar-refractivity contribution in [2.24, 2.45) is 5.92 Å². The summed E-state index contributed by atoms with van der Waals surface area (Å²) in [6.07, 6.45) is 1.53. The molecule has 1 aromatic carbocycles. The molecule has 1 aromatic heterocycles. The minimum atomic E-state index is 0.0818. The second-order valence-corrected chi connectivity index (χ2v) is 6.10. The van der Waals surface area contributed by atoms with Gasteiger partial charge >= 0.3 is 0 Å². The molecule has 1 fully saturated rings. The lowest BCUT2D eigenvalue weighted by Gasteiger charge is -2.07. The predicted octanol–water partition coefficient (Wildman–Crippen LogP) is 4.20. The van der Waals surface area contributed by atoms with Gasteiger partial charge in [0, 0.05) is 41.3 Å². The molecular weight excluding hydrogens is 312 g/mol. The molecule has 2 heterocycles. The first-order valence-corrected chi connectivity index (χ1v) is 8.62. The fourth-order valence-corrected chi connectivity index (χ4v) is 2.86. The number of aromatic nitrogens is 1. The summed E-state index contributed by atoms with van der Waals surface area (Å²) in [4.78, 5) is 15.2. The molecule has 23 heavy (non-hydrogen) atoms. The summed E-state index contributed by atoms with van der Waals surface area (Å²) in [5.41, 5.74) is 3.08. The van der Waals surface area contributed by atoms with E-state index in [0.29, 0.717) is 25.5 Å². The number of carbonyl (C=O) groups excluding carboxylic acids is 1. The van der Waals surface area contributed by atoms with E-state index in [1.54, 1.807) is 0 Å². The zero-order chi connectivity index (χ0) is 16.8. The number of amides is 1. The number of nitrogens with one attached hydrogen (secondary N) is 2. The molecular formula is C18H25ClN2O2. The molecule has 1 unspecified atom stereocenters. The third-order valence-corrected chi connectivity index (χ3v) is 4.34. The monoisotopic (exact) mass is 336 g/mol. The van der Waals surface area contributed by atoms with Gasteiger partial charge in [-0.05, 0) is 43.0 Å². The summed E-state index contributed by atoms with van der Waals surface area (Å²) in [6.45, 7) is 7.98. The van der Waals surface area contributed by atoms with E-state index in [4.69, 9.17) is 16.3 Å². The normalized spacial score (nSPS) is 17.0. The quantitative estimate of drug-likeness (QED) is 0.879. The topological polar surface area (TPSA) is 54.1 Å². The van der Waals surface area contributed by atoms with Crippen LogP contribution in [0.5, 0.6) is 0 Å². The van der Waals surface area contributed by atoms with Gasteiger partial charge in [-0.25, -0.2) is 0 Å². The molecule has 0 spiro atoms. The van der Waals surface area contributed by atoms with Crippen molar-refractivity contribution < 1.29 is 9.53 Å². The van der Waals surface area contributed by atoms with Crippen LogP contribution < -0.4 is 5.32 Å². The molecule has 0 bridgehead atoms. The number of halogens is 1. The van der Waals surface area contributed by atoms with Gasteiger partial charge in [0.2, 0.25) is 5.91 Å². The van der Waals surface area contributed by atoms with E-state index in [1.807, 2.05) is 39.0 Å². The number of ether oxygens (including phenoxy) is 1. The first-order chi connectivity index (χ1) is 11.1. The number of aryl methyl sites for hydroxylation is 1. The summed E-state index contributed by atoms with van der Waals surface area (Å²) < 4.78 is 5.28. The van der Waals surface area contributed by atoms with Crippen molar-refractivity contribution in [1.29, 1.82) is 0 Å². The Kier molecular flexibility index (Phi) is 6.48. The van der Waals surface area contributed by atoms with Crippen molar-refractivity contribution in [3.63, 3.8) is 0 Å². The minimum absolute atomic E-state index is 0.0818. The van der Waals surface area contributed by atoms with Gasteiger partial charge in [-0.3, -0.25) is 4.79 Å². The molecule has 3 rings (SSSR count). The van der Waals surface area contributed by atoms with Gasteiger partial charge < -0.3 is 15.0 Å². The van der Waals surface area contributed by atoms with Crippen LogP contribution in [-0.4, -0.2) is 24.1 Å². The van der Waals surface area contributed by atoms with E-state index in [2.05, 4.69) is 10.3 Å². The number of fused-ring (bicyclic) bond motifs is 1. The first-order valence-electron chi connectivity index (χ1n) is 8.24. The smallest absolute Gasteiger partial charge is 0.220 e. The maximum atomic E-state index is 11.9. The largest absolute Gasteiger partial charge is 0.381 e. The summed E-state index contributed by atoms with van der Waals surface area (Å²) in [5.74, 6) is 0.451. The molecule has 4 nitrogen and oxygen atoms in total. The molecule has 0 saturated carbocycles. The van der Waals surface area contributed by atoms with Gasteiger partial charge in [0.15, 0.2) is 0 Å². The number of H-pyrrole nitrogens is 1. The van der Waals surface area contributed by atoms with Gasteiger partial charge in [0.1, 0.15) is 0 Å².